The summed E-state index contributed by atoms with van der Waals surface area (Å²) in [6.07, 6.45) is 4.58. The van der Waals surface area contributed by atoms with Crippen molar-refractivity contribution in [2.45, 2.75) is 226 Å². The average Bonchev–Trinajstić information content (AvgIpc) is 0.983. The van der Waals surface area contributed by atoms with Gasteiger partial charge in [-0.25, -0.2) is 13.2 Å². The molecule has 1 radical (unpaired) electrons. The largest absolute Gasteiger partial charge is 3.00 e. The number of ether oxygens (including phenoxy) is 4. The molecule has 0 unspecified atom stereocenters. The quantitative estimate of drug-likeness (QED) is 0.0271. The Hall–Kier alpha value is -8.27. The molecule has 2 aliphatic heterocycles. The van der Waals surface area contributed by atoms with Gasteiger partial charge < -0.3 is 50.6 Å². The van der Waals surface area contributed by atoms with E-state index >= 15 is 0 Å². The molecule has 2 fully saturated rings. The van der Waals surface area contributed by atoms with Gasteiger partial charge in [-0.1, -0.05) is 391 Å². The average molecular weight is 1920 g/mol. The monoisotopic (exact) mass is 1910 g/mol. The third kappa shape index (κ3) is 28.0. The van der Waals surface area contributed by atoms with Crippen molar-refractivity contribution >= 4 is 0 Å². The number of benzene rings is 12. The molecule has 12 aromatic rings. The van der Waals surface area contributed by atoms with Crippen LogP contribution in [0.25, 0.3) is 6.15 Å². The summed E-state index contributed by atoms with van der Waals surface area (Å²) in [5.41, 5.74) is 17.6. The summed E-state index contributed by atoms with van der Waals surface area (Å²) in [6.45, 7) is 48.7. The van der Waals surface area contributed by atoms with Crippen LogP contribution < -0.4 is 0 Å². The first-order chi connectivity index (χ1) is 60.9. The first-order valence-electron chi connectivity index (χ1n) is 45.8. The van der Waals surface area contributed by atoms with Gasteiger partial charge in [0.2, 0.25) is 0 Å². The summed E-state index contributed by atoms with van der Waals surface area (Å²) >= 11 is 0. The van der Waals surface area contributed by atoms with Crippen molar-refractivity contribution in [3.05, 3.63) is 422 Å². The molecule has 12 nitrogen and oxygen atoms in total. The van der Waals surface area contributed by atoms with Gasteiger partial charge in [0.15, 0.2) is 0 Å². The molecule has 0 spiro atoms. The Morgan fingerprint density at radius 3 is 0.603 bits per heavy atom. The van der Waals surface area contributed by atoms with Crippen molar-refractivity contribution in [1.82, 2.24) is 9.80 Å². The Labute approximate surface area is 836 Å². The maximum absolute atomic E-state index is 12.4. The number of rotatable bonds is 30. The van der Waals surface area contributed by atoms with Crippen molar-refractivity contribution in [2.24, 2.45) is 0 Å². The number of phenols is 4. The fourth-order valence-electron chi connectivity index (χ4n) is 17.4. The maximum atomic E-state index is 12.4. The van der Waals surface area contributed by atoms with Gasteiger partial charge in [0.25, 0.3) is 0 Å². The van der Waals surface area contributed by atoms with Crippen LogP contribution in [0.2, 0.25) is 0 Å². The minimum absolute atomic E-state index is 0. The molecule has 14 heteroatoms. The van der Waals surface area contributed by atoms with Crippen LogP contribution in [0.3, 0.4) is 0 Å². The number of aliphatic hydroxyl groups is 1. The van der Waals surface area contributed by atoms with E-state index in [-0.39, 0.29) is 99.3 Å². The molecule has 0 aliphatic carbocycles. The Morgan fingerprint density at radius 1 is 0.298 bits per heavy atom. The molecule has 0 amide bonds. The van der Waals surface area contributed by atoms with E-state index in [9.17, 15) is 20.4 Å². The number of methoxy groups -OCH3 is 2. The van der Waals surface area contributed by atoms with E-state index in [0.717, 1.165) is 115 Å². The second-order valence-electron chi connectivity index (χ2n) is 38.9. The molecular formula is C117H146N3O9Y2. The Morgan fingerprint density at radius 2 is 0.466 bits per heavy atom. The number of nitrogens with zero attached hydrogens (tertiary/aromatic N) is 2. The molecule has 2 aliphatic rings. The van der Waals surface area contributed by atoms with E-state index in [1.165, 1.54) is 35.1 Å². The zero-order chi connectivity index (χ0) is 92.7. The Bertz CT molecular complexity index is 4740. The zero-order valence-electron chi connectivity index (χ0n) is 81.8. The molecule has 131 heavy (non-hydrogen) atoms. The smallest absolute Gasteiger partial charge is 0.693 e. The molecule has 689 valence electrons. The van der Waals surface area contributed by atoms with Crippen LogP contribution in [0, 0.1) is 13.2 Å². The third-order valence-electron chi connectivity index (χ3n) is 26.5. The van der Waals surface area contributed by atoms with Gasteiger partial charge in [0.05, 0.1) is 13.2 Å². The summed E-state index contributed by atoms with van der Waals surface area (Å²) < 4.78 is 21.0. The first-order valence-corrected chi connectivity index (χ1v) is 45.8. The van der Waals surface area contributed by atoms with Gasteiger partial charge in [0, 0.05) is 193 Å². The number of phenolic OH excluding ortho intramolecular Hbond substituents is 4. The van der Waals surface area contributed by atoms with Gasteiger partial charge in [-0.15, -0.1) is 0 Å². The fourth-order valence-corrected chi connectivity index (χ4v) is 17.4. The van der Waals surface area contributed by atoms with Crippen molar-refractivity contribution in [2.75, 3.05) is 53.7 Å². The Kier molecular flexibility index (Phi) is 41.7. The second-order valence-corrected chi connectivity index (χ2v) is 38.9. The predicted molar refractivity (Wildman–Crippen MR) is 535 cm³/mol. The van der Waals surface area contributed by atoms with Crippen molar-refractivity contribution in [3.8, 4) is 23.0 Å². The maximum Gasteiger partial charge on any atom is 3.00 e. The van der Waals surface area contributed by atoms with Crippen LogP contribution in [-0.2, 0) is 154 Å². The van der Waals surface area contributed by atoms with E-state index in [1.54, 1.807) is 28.1 Å². The molecule has 0 saturated carbocycles. The summed E-state index contributed by atoms with van der Waals surface area (Å²) in [5.74, 6) is 1.20. The van der Waals surface area contributed by atoms with Gasteiger partial charge in [0.1, 0.15) is 23.0 Å². The normalized spacial score (nSPS) is 13.1. The minimum Gasteiger partial charge on any atom is -0.693 e. The number of hydrogen-bond donors (Lipinski definition) is 5. The standard InChI is InChI=1S/2C53H61NO3.2C4H7O.C3H8O.H2N.2Y/c2*1-50(2,40-22-14-10-15-23-40)44-32-38(48(55)46(34-44)52(5,6)42-26-18-12-19-27-42)36-54(30-31-57-9)37-39-33-45(51(3,4)41-24-16-11-17-25-41)35-47(49(39)56)53(7,8)43-28-20-13-21-29-43;2*1-2-4-5-3-1;1-3(2)4;;;/h2*10-29,32-35,55-56H,30-31,36-37H2,1-9H3;2*3H,1-2,4H2;3-4H,1-2H3;1H2;;/q;;2*-1;;-1;;+3. The van der Waals surface area contributed by atoms with Crippen molar-refractivity contribution in [1.29, 1.82) is 0 Å². The van der Waals surface area contributed by atoms with Gasteiger partial charge in [-0.2, -0.15) is 12.8 Å². The third-order valence-corrected chi connectivity index (χ3v) is 26.5. The number of hydrogen-bond acceptors (Lipinski definition) is 11. The second kappa shape index (κ2) is 49.8. The summed E-state index contributed by atoms with van der Waals surface area (Å²) in [6, 6.07) is 102. The van der Waals surface area contributed by atoms with Crippen LogP contribution in [-0.4, -0.2) is 95.2 Å². The zero-order valence-corrected chi connectivity index (χ0v) is 87.5. The molecular weight excluding hydrogens is 1770 g/mol. The molecule has 12 aromatic carbocycles. The van der Waals surface area contributed by atoms with E-state index in [0.29, 0.717) is 75.5 Å². The summed E-state index contributed by atoms with van der Waals surface area (Å²) in [5, 5.41) is 57.6. The van der Waals surface area contributed by atoms with Crippen molar-refractivity contribution in [3.63, 3.8) is 0 Å². The van der Waals surface area contributed by atoms with Gasteiger partial charge in [-0.05, 0) is 105 Å². The molecule has 0 bridgehead atoms. The topological polar surface area (TPSA) is 178 Å². The van der Waals surface area contributed by atoms with Gasteiger partial charge >= 0.3 is 32.7 Å². The predicted octanol–water partition coefficient (Wildman–Crippen LogP) is 27.1. The number of nitrogens with two attached hydrogens (primary N) is 1. The van der Waals surface area contributed by atoms with Crippen LogP contribution in [0.1, 0.15) is 262 Å². The van der Waals surface area contributed by atoms with E-state index in [1.807, 2.05) is 37.5 Å². The van der Waals surface area contributed by atoms with E-state index in [4.69, 9.17) is 24.1 Å². The van der Waals surface area contributed by atoms with Gasteiger partial charge in [-0.3, -0.25) is 9.80 Å². The molecule has 14 rings (SSSR count). The molecule has 0 aromatic heterocycles. The van der Waals surface area contributed by atoms with Crippen LogP contribution in [0.4, 0.5) is 0 Å². The van der Waals surface area contributed by atoms with E-state index < -0.39 is 21.7 Å². The SMILES string of the molecule is CC(C)O.COCCN(Cc1cc(C(C)(C)c2ccccc2)cc(C(C)(C)c2ccccc2)c1O)Cc1cc(C(C)(C)c2ccccc2)cc(C(C)(C)c2ccccc2)c1O.COCCN(Cc1cc(C(C)(C)c2ccccc2)cc(C(C)(C)c2ccccc2)c1O)Cc1cc(C(C)(C)c2ccccc2)cc(C(C)(C)c2ccccc2)c1O.[CH-]1CCCO1.[CH-]1CCCO1.[NH2-].[Y+3].[Y]. The van der Waals surface area contributed by atoms with Crippen LogP contribution in [0.5, 0.6) is 23.0 Å². The summed E-state index contributed by atoms with van der Waals surface area (Å²) in [7, 11) is 3.44. The fraction of sp³-hybridized carbons (Fsp3) is 0.368. The number of aliphatic hydroxyl groups excluding tert-OH is 1. The van der Waals surface area contributed by atoms with Crippen LogP contribution in [0.15, 0.2) is 291 Å². The van der Waals surface area contributed by atoms with Crippen LogP contribution >= 0.6 is 0 Å². The first kappa shape index (κ1) is 110. The van der Waals surface area contributed by atoms with E-state index in [2.05, 4.69) is 387 Å². The Balaban J connectivity index is 0.000000305. The molecule has 2 saturated heterocycles. The number of aromatic hydroxyl groups is 4. The molecule has 7 N–H and O–H groups in total. The van der Waals surface area contributed by atoms with Crippen molar-refractivity contribution < 1.29 is 110 Å². The minimum atomic E-state index is -0.478. The molecule has 0 atom stereocenters. The summed E-state index contributed by atoms with van der Waals surface area (Å²) in [4.78, 5) is 4.59. The molecule has 2 heterocycles.